The molecular formula is C24H30N3O3+. The fourth-order valence-electron chi connectivity index (χ4n) is 4.13. The van der Waals surface area contributed by atoms with Crippen molar-refractivity contribution in [3.05, 3.63) is 58.1 Å². The van der Waals surface area contributed by atoms with E-state index in [1.54, 1.807) is 6.07 Å². The molecule has 0 saturated carbocycles. The minimum Gasteiger partial charge on any atom is -0.505 e. The summed E-state index contributed by atoms with van der Waals surface area (Å²) in [7, 11) is 3.76. The van der Waals surface area contributed by atoms with Gasteiger partial charge in [0.25, 0.3) is 0 Å². The molecule has 1 atom stereocenters. The summed E-state index contributed by atoms with van der Waals surface area (Å²) in [6.45, 7) is 5.86. The predicted molar refractivity (Wildman–Crippen MR) is 117 cm³/mol. The highest BCUT2D eigenvalue weighted by Gasteiger charge is 2.31. The summed E-state index contributed by atoms with van der Waals surface area (Å²) in [6.07, 6.45) is 2.92. The van der Waals surface area contributed by atoms with Gasteiger partial charge < -0.3 is 14.7 Å². The highest BCUT2D eigenvalue weighted by Crippen LogP contribution is 2.22. The molecule has 2 aliphatic heterocycles. The summed E-state index contributed by atoms with van der Waals surface area (Å²) in [5, 5.41) is 12.2. The first kappa shape index (κ1) is 20.6. The molecule has 158 valence electrons. The molecular weight excluding hydrogens is 378 g/mol. The zero-order valence-electron chi connectivity index (χ0n) is 18.0. The van der Waals surface area contributed by atoms with Crippen molar-refractivity contribution < 1.29 is 19.1 Å². The van der Waals surface area contributed by atoms with Crippen molar-refractivity contribution in [2.45, 2.75) is 25.9 Å². The van der Waals surface area contributed by atoms with Gasteiger partial charge in [0, 0.05) is 24.3 Å². The number of morpholine rings is 1. The van der Waals surface area contributed by atoms with Gasteiger partial charge in [0.2, 0.25) is 0 Å². The van der Waals surface area contributed by atoms with Gasteiger partial charge in [0.05, 0.1) is 33.4 Å². The predicted octanol–water partition coefficient (Wildman–Crippen LogP) is 1.84. The Morgan fingerprint density at radius 2 is 1.87 bits per heavy atom. The van der Waals surface area contributed by atoms with Gasteiger partial charge in [0.15, 0.2) is 5.75 Å². The molecule has 1 unspecified atom stereocenters. The van der Waals surface area contributed by atoms with Crippen LogP contribution in [0.5, 0.6) is 5.75 Å². The van der Waals surface area contributed by atoms with Crippen molar-refractivity contribution in [2.24, 2.45) is 4.99 Å². The fourth-order valence-corrected chi connectivity index (χ4v) is 4.13. The number of ether oxygens (including phenoxy) is 1. The van der Waals surface area contributed by atoms with E-state index < -0.39 is 0 Å². The van der Waals surface area contributed by atoms with Crippen LogP contribution in [0.15, 0.2) is 41.4 Å². The number of fused-ring (bicyclic) bond motifs is 1. The molecule has 6 nitrogen and oxygen atoms in total. The minimum absolute atomic E-state index is 0.00540. The van der Waals surface area contributed by atoms with Gasteiger partial charge in [-0.3, -0.25) is 9.48 Å². The Balaban J connectivity index is 1.55. The summed E-state index contributed by atoms with van der Waals surface area (Å²) in [6, 6.07) is 12.1. The van der Waals surface area contributed by atoms with Gasteiger partial charge in [-0.15, -0.1) is 0 Å². The van der Waals surface area contributed by atoms with Gasteiger partial charge in [-0.2, -0.15) is 0 Å². The Kier molecular flexibility index (Phi) is 5.62. The molecule has 1 fully saturated rings. The first-order valence-corrected chi connectivity index (χ1v) is 10.5. The Hall–Kier alpha value is -2.70. The van der Waals surface area contributed by atoms with Crippen LogP contribution in [0.1, 0.15) is 29.3 Å². The molecule has 4 rings (SSSR count). The Labute approximate surface area is 177 Å². The number of amides is 1. The normalized spacial score (nSPS) is 18.9. The molecule has 0 spiro atoms. The van der Waals surface area contributed by atoms with Gasteiger partial charge in [0.1, 0.15) is 17.5 Å². The number of carbonyl (C=O) groups is 1. The van der Waals surface area contributed by atoms with Crippen LogP contribution in [0.3, 0.4) is 0 Å². The van der Waals surface area contributed by atoms with Crippen LogP contribution in [-0.4, -0.2) is 61.9 Å². The second-order valence-electron chi connectivity index (χ2n) is 8.73. The van der Waals surface area contributed by atoms with Crippen LogP contribution >= 0.6 is 0 Å². The molecule has 2 heterocycles. The highest BCUT2D eigenvalue weighted by atomic mass is 16.5. The number of quaternary nitrogens is 1. The van der Waals surface area contributed by atoms with Crippen LogP contribution in [0.2, 0.25) is 0 Å². The second-order valence-corrected chi connectivity index (χ2v) is 8.73. The van der Waals surface area contributed by atoms with E-state index in [-0.39, 0.29) is 22.2 Å². The van der Waals surface area contributed by atoms with Crippen LogP contribution in [0, 0.1) is 0 Å². The smallest absolute Gasteiger partial charge is 0.349 e. The van der Waals surface area contributed by atoms with E-state index in [0.717, 1.165) is 43.5 Å². The van der Waals surface area contributed by atoms with Gasteiger partial charge in [-0.1, -0.05) is 24.3 Å². The summed E-state index contributed by atoms with van der Waals surface area (Å²) >= 11 is 0. The third-order valence-corrected chi connectivity index (χ3v) is 5.88. The standard InChI is InChI=1S/C24H29N3O3/c1-17-4-7-19-8-11-21(23(28)22(19)25-17)24(29)27(2,3)16-18-5-9-20(10-6-18)26-12-14-30-15-13-26/h5-11,17H,4,12-16H2,1-3H3/p+1. The average molecular weight is 409 g/mol. The Bertz CT molecular complexity index is 1050. The number of rotatable bonds is 4. The molecule has 1 saturated heterocycles. The van der Waals surface area contributed by atoms with E-state index in [4.69, 9.17) is 4.74 Å². The van der Waals surface area contributed by atoms with Crippen LogP contribution in [0.4, 0.5) is 5.69 Å². The van der Waals surface area contributed by atoms with Gasteiger partial charge >= 0.3 is 5.91 Å². The van der Waals surface area contributed by atoms with Crippen LogP contribution < -0.4 is 15.5 Å². The summed E-state index contributed by atoms with van der Waals surface area (Å²) < 4.78 is 5.53. The summed E-state index contributed by atoms with van der Waals surface area (Å²) in [5.41, 5.74) is 2.59. The number of hydrogen-bond donors (Lipinski definition) is 1. The average Bonchev–Trinajstić information content (AvgIpc) is 2.75. The third kappa shape index (κ3) is 4.11. The summed E-state index contributed by atoms with van der Waals surface area (Å²) in [5.74, 6) is -0.129. The Morgan fingerprint density at radius 1 is 1.17 bits per heavy atom. The molecule has 2 aliphatic rings. The maximum atomic E-state index is 13.3. The van der Waals surface area contributed by atoms with Crippen LogP contribution in [-0.2, 0) is 11.3 Å². The fraction of sp³-hybridized carbons (Fsp3) is 0.417. The maximum Gasteiger partial charge on any atom is 0.349 e. The lowest BCUT2D eigenvalue weighted by Gasteiger charge is -2.30. The lowest BCUT2D eigenvalue weighted by Crippen LogP contribution is -2.45. The van der Waals surface area contributed by atoms with Crippen molar-refractivity contribution in [3.63, 3.8) is 0 Å². The van der Waals surface area contributed by atoms with E-state index in [9.17, 15) is 9.90 Å². The van der Waals surface area contributed by atoms with Crippen molar-refractivity contribution in [1.29, 1.82) is 0 Å². The lowest BCUT2D eigenvalue weighted by atomic mass is 10.1. The number of hydrogen-bond acceptors (Lipinski definition) is 5. The minimum atomic E-state index is -0.124. The highest BCUT2D eigenvalue weighted by molar-refractivity contribution is 5.91. The second kappa shape index (κ2) is 8.20. The van der Waals surface area contributed by atoms with Crippen molar-refractivity contribution in [1.82, 2.24) is 0 Å². The maximum absolute atomic E-state index is 13.3. The number of benzene rings is 2. The van der Waals surface area contributed by atoms with Crippen molar-refractivity contribution >= 4 is 17.7 Å². The topological polar surface area (TPSA) is 62.1 Å². The van der Waals surface area contributed by atoms with Gasteiger partial charge in [-0.25, -0.2) is 4.79 Å². The molecule has 1 N–H and O–H groups in total. The molecule has 0 aliphatic carbocycles. The number of aromatic hydroxyl groups is 1. The molecule has 30 heavy (non-hydrogen) atoms. The molecule has 0 radical (unpaired) electrons. The largest absolute Gasteiger partial charge is 0.505 e. The van der Waals surface area contributed by atoms with Crippen molar-refractivity contribution in [3.8, 4) is 5.75 Å². The summed E-state index contributed by atoms with van der Waals surface area (Å²) in [4.78, 5) is 20.2. The number of phenolic OH excluding ortho intramolecular Hbond substituents is 1. The third-order valence-electron chi connectivity index (χ3n) is 5.88. The number of carbonyl (C=O) groups excluding carboxylic acids is 1. The molecule has 2 aromatic carbocycles. The number of nitrogens with zero attached hydrogens (tertiary/aromatic N) is 3. The first-order valence-electron chi connectivity index (χ1n) is 10.5. The van der Waals surface area contributed by atoms with Crippen molar-refractivity contribution in [2.75, 3.05) is 45.3 Å². The molecule has 0 aromatic heterocycles. The quantitative estimate of drug-likeness (QED) is 0.785. The SMILES string of the molecule is CC1CC=c2ccc(C(=O)[N+](C)(C)Cc3ccc(N4CCOCC4)cc3)c(O)c2=N1. The zero-order chi connectivity index (χ0) is 21.3. The van der Waals surface area contributed by atoms with E-state index >= 15 is 0 Å². The molecule has 6 heteroatoms. The lowest BCUT2D eigenvalue weighted by molar-refractivity contribution is -0.821. The molecule has 2 aromatic rings. The molecule has 0 bridgehead atoms. The van der Waals surface area contributed by atoms with E-state index in [0.29, 0.717) is 17.5 Å². The monoisotopic (exact) mass is 408 g/mol. The van der Waals surface area contributed by atoms with E-state index in [2.05, 4.69) is 40.2 Å². The van der Waals surface area contributed by atoms with E-state index in [1.807, 2.05) is 27.1 Å². The van der Waals surface area contributed by atoms with E-state index in [1.165, 1.54) is 5.69 Å². The zero-order valence-corrected chi connectivity index (χ0v) is 18.0. The van der Waals surface area contributed by atoms with Gasteiger partial charge in [-0.05, 0) is 36.8 Å². The number of anilines is 1. The van der Waals surface area contributed by atoms with Crippen LogP contribution in [0.25, 0.3) is 6.08 Å². The number of phenols is 1. The molecule has 1 amide bonds. The Morgan fingerprint density at radius 3 is 2.57 bits per heavy atom. The first-order chi connectivity index (χ1) is 14.3.